The molecule has 0 aromatic heterocycles. The Morgan fingerprint density at radius 3 is 2.11 bits per heavy atom. The molecular weight excluding hydrogens is 498 g/mol. The molecule has 0 aliphatic heterocycles. The van der Waals surface area contributed by atoms with Crippen LogP contribution in [0.25, 0.3) is 0 Å². The molecule has 36 heavy (non-hydrogen) atoms. The van der Waals surface area contributed by atoms with Gasteiger partial charge in [-0.25, -0.2) is 8.42 Å². The normalized spacial score (nSPS) is 12.0. The van der Waals surface area contributed by atoms with Crippen molar-refractivity contribution in [2.75, 3.05) is 17.9 Å². The Balaban J connectivity index is 2.03. The highest BCUT2D eigenvalue weighted by atomic mass is 35.5. The molecule has 3 aromatic rings. The molecule has 1 N–H and O–H groups in total. The lowest BCUT2D eigenvalue weighted by Gasteiger charge is -2.33. The number of hydrogen-bond acceptors (Lipinski definition) is 4. The highest BCUT2D eigenvalue weighted by Crippen LogP contribution is 2.25. The standard InChI is InChI=1S/C27H30ClN3O4S/c1-4-25(27(33)29-3)30(18-21-12-14-22(28)15-13-21)26(32)19-31(23-16-10-20(2)11-17-23)36(34,35)24-8-6-5-7-9-24/h5-17,25H,4,18-19H2,1-3H3,(H,29,33). The molecule has 0 saturated carbocycles. The van der Waals surface area contributed by atoms with Crippen molar-refractivity contribution >= 4 is 39.1 Å². The lowest BCUT2D eigenvalue weighted by atomic mass is 10.1. The lowest BCUT2D eigenvalue weighted by molar-refractivity contribution is -0.140. The van der Waals surface area contributed by atoms with Crippen LogP contribution in [0, 0.1) is 6.92 Å². The van der Waals surface area contributed by atoms with Crippen LogP contribution < -0.4 is 9.62 Å². The molecule has 2 amide bonds. The Kier molecular flexibility index (Phi) is 9.12. The predicted octanol–water partition coefficient (Wildman–Crippen LogP) is 4.40. The average Bonchev–Trinajstić information content (AvgIpc) is 2.89. The summed E-state index contributed by atoms with van der Waals surface area (Å²) in [6, 6.07) is 21.1. The molecule has 1 atom stereocenters. The largest absolute Gasteiger partial charge is 0.357 e. The maximum Gasteiger partial charge on any atom is 0.264 e. The summed E-state index contributed by atoms with van der Waals surface area (Å²) < 4.78 is 28.4. The fourth-order valence-corrected chi connectivity index (χ4v) is 5.39. The van der Waals surface area contributed by atoms with Gasteiger partial charge in [0.1, 0.15) is 12.6 Å². The minimum atomic E-state index is -4.06. The number of carbonyl (C=O) groups is 2. The number of rotatable bonds is 10. The average molecular weight is 528 g/mol. The first-order valence-corrected chi connectivity index (χ1v) is 13.4. The number of carbonyl (C=O) groups excluding carboxylic acids is 2. The summed E-state index contributed by atoms with van der Waals surface area (Å²) in [4.78, 5) is 28.0. The number of amides is 2. The van der Waals surface area contributed by atoms with E-state index in [2.05, 4.69) is 5.32 Å². The van der Waals surface area contributed by atoms with Gasteiger partial charge < -0.3 is 10.2 Å². The molecule has 3 aromatic carbocycles. The number of likely N-dealkylation sites (N-methyl/N-ethyl adjacent to an activating group) is 1. The Morgan fingerprint density at radius 1 is 0.944 bits per heavy atom. The third-order valence-corrected chi connectivity index (χ3v) is 7.87. The molecule has 1 unspecified atom stereocenters. The number of anilines is 1. The quantitative estimate of drug-likeness (QED) is 0.423. The van der Waals surface area contributed by atoms with Gasteiger partial charge in [0.25, 0.3) is 10.0 Å². The van der Waals surface area contributed by atoms with Crippen LogP contribution in [0.15, 0.2) is 83.8 Å². The van der Waals surface area contributed by atoms with Gasteiger partial charge in [-0.2, -0.15) is 0 Å². The third-order valence-electron chi connectivity index (χ3n) is 5.83. The predicted molar refractivity (Wildman–Crippen MR) is 142 cm³/mol. The van der Waals surface area contributed by atoms with Gasteiger partial charge in [-0.05, 0) is 55.3 Å². The highest BCUT2D eigenvalue weighted by Gasteiger charge is 2.33. The van der Waals surface area contributed by atoms with Gasteiger partial charge in [0, 0.05) is 18.6 Å². The van der Waals surface area contributed by atoms with E-state index in [4.69, 9.17) is 11.6 Å². The number of nitrogens with one attached hydrogen (secondary N) is 1. The van der Waals surface area contributed by atoms with E-state index in [-0.39, 0.29) is 17.3 Å². The Morgan fingerprint density at radius 2 is 1.56 bits per heavy atom. The summed E-state index contributed by atoms with van der Waals surface area (Å²) in [5.41, 5.74) is 2.08. The van der Waals surface area contributed by atoms with Gasteiger partial charge >= 0.3 is 0 Å². The van der Waals surface area contributed by atoms with Crippen LogP contribution in [0.1, 0.15) is 24.5 Å². The first-order valence-electron chi connectivity index (χ1n) is 11.6. The van der Waals surface area contributed by atoms with Crippen LogP contribution in [0.5, 0.6) is 0 Å². The SMILES string of the molecule is CCC(C(=O)NC)N(Cc1ccc(Cl)cc1)C(=O)CN(c1ccc(C)cc1)S(=O)(=O)c1ccccc1. The van der Waals surface area contributed by atoms with E-state index in [1.54, 1.807) is 73.7 Å². The zero-order valence-electron chi connectivity index (χ0n) is 20.5. The summed E-state index contributed by atoms with van der Waals surface area (Å²) in [7, 11) is -2.56. The topological polar surface area (TPSA) is 86.8 Å². The van der Waals surface area contributed by atoms with Crippen LogP contribution in [-0.4, -0.2) is 44.8 Å². The smallest absolute Gasteiger partial charge is 0.264 e. The second kappa shape index (κ2) is 12.1. The molecule has 0 fully saturated rings. The van der Waals surface area contributed by atoms with Crippen molar-refractivity contribution in [3.05, 3.63) is 95.0 Å². The van der Waals surface area contributed by atoms with Crippen molar-refractivity contribution in [2.45, 2.75) is 37.8 Å². The molecule has 0 heterocycles. The summed E-state index contributed by atoms with van der Waals surface area (Å²) in [6.45, 7) is 3.35. The van der Waals surface area contributed by atoms with Crippen LogP contribution in [0.3, 0.4) is 0 Å². The summed E-state index contributed by atoms with van der Waals surface area (Å²) in [6.07, 6.45) is 0.356. The van der Waals surface area contributed by atoms with Crippen molar-refractivity contribution in [1.82, 2.24) is 10.2 Å². The number of aryl methyl sites for hydroxylation is 1. The van der Waals surface area contributed by atoms with Gasteiger partial charge in [0.2, 0.25) is 11.8 Å². The Hall–Kier alpha value is -3.36. The zero-order chi connectivity index (χ0) is 26.3. The fraction of sp³-hybridized carbons (Fsp3) is 0.259. The second-order valence-corrected chi connectivity index (χ2v) is 10.6. The van der Waals surface area contributed by atoms with Crippen molar-refractivity contribution in [3.63, 3.8) is 0 Å². The minimum Gasteiger partial charge on any atom is -0.357 e. The van der Waals surface area contributed by atoms with E-state index in [0.29, 0.717) is 17.1 Å². The molecule has 190 valence electrons. The molecule has 7 nitrogen and oxygen atoms in total. The van der Waals surface area contributed by atoms with E-state index in [0.717, 1.165) is 15.4 Å². The second-order valence-electron chi connectivity index (χ2n) is 8.35. The Bertz CT molecular complexity index is 1280. The van der Waals surface area contributed by atoms with Crippen LogP contribution >= 0.6 is 11.6 Å². The van der Waals surface area contributed by atoms with Crippen LogP contribution in [-0.2, 0) is 26.2 Å². The van der Waals surface area contributed by atoms with E-state index in [1.165, 1.54) is 24.1 Å². The van der Waals surface area contributed by atoms with E-state index in [9.17, 15) is 18.0 Å². The van der Waals surface area contributed by atoms with Gasteiger partial charge in [0.15, 0.2) is 0 Å². The maximum absolute atomic E-state index is 13.8. The molecular formula is C27H30ClN3O4S. The number of sulfonamides is 1. The molecule has 9 heteroatoms. The molecule has 0 aliphatic carbocycles. The molecule has 0 bridgehead atoms. The third kappa shape index (κ3) is 6.44. The number of hydrogen-bond donors (Lipinski definition) is 1. The zero-order valence-corrected chi connectivity index (χ0v) is 22.1. The Labute approximate surface area is 217 Å². The van der Waals surface area contributed by atoms with Crippen molar-refractivity contribution < 1.29 is 18.0 Å². The van der Waals surface area contributed by atoms with Crippen LogP contribution in [0.4, 0.5) is 5.69 Å². The van der Waals surface area contributed by atoms with Gasteiger partial charge in [-0.1, -0.05) is 66.6 Å². The van der Waals surface area contributed by atoms with Gasteiger partial charge in [-0.3, -0.25) is 13.9 Å². The van der Waals surface area contributed by atoms with Crippen LogP contribution in [0.2, 0.25) is 5.02 Å². The first kappa shape index (κ1) is 27.2. The summed E-state index contributed by atoms with van der Waals surface area (Å²) >= 11 is 6.01. The van der Waals surface area contributed by atoms with Gasteiger partial charge in [0.05, 0.1) is 10.6 Å². The summed E-state index contributed by atoms with van der Waals surface area (Å²) in [5, 5.41) is 3.16. The number of benzene rings is 3. The van der Waals surface area contributed by atoms with Crippen molar-refractivity contribution in [1.29, 1.82) is 0 Å². The molecule has 0 spiro atoms. The molecule has 0 radical (unpaired) electrons. The van der Waals surface area contributed by atoms with Gasteiger partial charge in [-0.15, -0.1) is 0 Å². The number of halogens is 1. The van der Waals surface area contributed by atoms with Crippen molar-refractivity contribution in [2.24, 2.45) is 0 Å². The molecule has 3 rings (SSSR count). The number of nitrogens with zero attached hydrogens (tertiary/aromatic N) is 2. The first-order chi connectivity index (χ1) is 17.2. The fourth-order valence-electron chi connectivity index (χ4n) is 3.83. The lowest BCUT2D eigenvalue weighted by Crippen LogP contribution is -2.51. The van der Waals surface area contributed by atoms with E-state index >= 15 is 0 Å². The molecule has 0 saturated heterocycles. The van der Waals surface area contributed by atoms with E-state index < -0.39 is 28.5 Å². The minimum absolute atomic E-state index is 0.0703. The monoisotopic (exact) mass is 527 g/mol. The summed E-state index contributed by atoms with van der Waals surface area (Å²) in [5.74, 6) is -0.826. The maximum atomic E-state index is 13.8. The highest BCUT2D eigenvalue weighted by molar-refractivity contribution is 7.92. The molecule has 0 aliphatic rings. The van der Waals surface area contributed by atoms with Crippen molar-refractivity contribution in [3.8, 4) is 0 Å². The van der Waals surface area contributed by atoms with E-state index in [1.807, 2.05) is 6.92 Å².